The predicted octanol–water partition coefficient (Wildman–Crippen LogP) is 5.31. The number of pyridine rings is 2. The molecule has 0 bridgehead atoms. The van der Waals surface area contributed by atoms with E-state index in [0.717, 1.165) is 33.1 Å². The molecule has 2 aromatic heterocycles. The molecule has 5 aromatic rings. The number of phenols is 1. The molecule has 0 amide bonds. The van der Waals surface area contributed by atoms with Crippen molar-refractivity contribution >= 4 is 34.5 Å². The van der Waals surface area contributed by atoms with Crippen LogP contribution in [-0.4, -0.2) is 35.3 Å². The molecule has 0 spiro atoms. The van der Waals surface area contributed by atoms with Crippen molar-refractivity contribution in [3.05, 3.63) is 113 Å². The second-order valence-electron chi connectivity index (χ2n) is 8.48. The third kappa shape index (κ3) is 4.00. The molecule has 9 heteroatoms. The SMILES string of the molecule is O=c1c(C2=Nc3c(O)cc(-c4ccccc4)cc3SN2O)c(O)c2cccnc2n1Cc1ccccc1. The number of aromatic hydroxyl groups is 2. The molecule has 1 aliphatic heterocycles. The summed E-state index contributed by atoms with van der Waals surface area (Å²) in [5.41, 5.74) is 2.25. The number of fused-ring (bicyclic) bond motifs is 2. The molecule has 0 saturated carbocycles. The number of aliphatic imine (C=N–C) groups is 1. The number of hydroxylamine groups is 1. The lowest BCUT2D eigenvalue weighted by Crippen LogP contribution is -2.34. The van der Waals surface area contributed by atoms with Gasteiger partial charge in [0.05, 0.1) is 16.8 Å². The highest BCUT2D eigenvalue weighted by atomic mass is 32.2. The minimum absolute atomic E-state index is 0.110. The topological polar surface area (TPSA) is 111 Å². The van der Waals surface area contributed by atoms with Crippen molar-refractivity contribution in [3.8, 4) is 22.6 Å². The van der Waals surface area contributed by atoms with Gasteiger partial charge in [-0.05, 0) is 41.0 Å². The Hall–Kier alpha value is -4.60. The average Bonchev–Trinajstić information content (AvgIpc) is 2.92. The Kier molecular flexibility index (Phi) is 5.63. The summed E-state index contributed by atoms with van der Waals surface area (Å²) in [6, 6.07) is 25.6. The number of phenolic OH excluding ortho intramolecular Hbond substituents is 1. The van der Waals surface area contributed by atoms with E-state index in [1.807, 2.05) is 60.7 Å². The molecule has 0 atom stereocenters. The molecular formula is C28H20N4O4S. The number of rotatable bonds is 4. The summed E-state index contributed by atoms with van der Waals surface area (Å²) < 4.78 is 2.18. The van der Waals surface area contributed by atoms with Gasteiger partial charge in [-0.3, -0.25) is 14.6 Å². The van der Waals surface area contributed by atoms with Crippen LogP contribution in [0, 0.1) is 0 Å². The van der Waals surface area contributed by atoms with E-state index in [2.05, 4.69) is 9.98 Å². The second-order valence-corrected chi connectivity index (χ2v) is 9.45. The van der Waals surface area contributed by atoms with Crippen molar-refractivity contribution in [1.29, 1.82) is 0 Å². The predicted molar refractivity (Wildman–Crippen MR) is 142 cm³/mol. The molecule has 0 saturated heterocycles. The first kappa shape index (κ1) is 22.8. The molecule has 0 fully saturated rings. The van der Waals surface area contributed by atoms with E-state index in [9.17, 15) is 20.2 Å². The molecule has 0 unspecified atom stereocenters. The van der Waals surface area contributed by atoms with E-state index in [-0.39, 0.29) is 35.1 Å². The summed E-state index contributed by atoms with van der Waals surface area (Å²) in [5.74, 6) is -0.643. The Balaban J connectivity index is 1.54. The molecule has 0 radical (unpaired) electrons. The van der Waals surface area contributed by atoms with E-state index < -0.39 is 5.56 Å². The lowest BCUT2D eigenvalue weighted by atomic mass is 10.0. The first-order valence-electron chi connectivity index (χ1n) is 11.4. The molecule has 37 heavy (non-hydrogen) atoms. The molecule has 3 aromatic carbocycles. The summed E-state index contributed by atoms with van der Waals surface area (Å²) in [5, 5.41) is 33.3. The molecular weight excluding hydrogens is 488 g/mol. The standard InChI is InChI=1S/C28H20N4O4S/c33-21-14-19(18-10-5-2-6-11-18)15-22-24(21)30-27(32(36)37-22)23-25(34)20-12-7-13-29-26(20)31(28(23)35)16-17-8-3-1-4-9-17/h1-15,33-34,36H,16H2. The van der Waals surface area contributed by atoms with Gasteiger partial charge in [-0.2, -0.15) is 4.47 Å². The fourth-order valence-electron chi connectivity index (χ4n) is 4.39. The molecule has 3 heterocycles. The van der Waals surface area contributed by atoms with Crippen LogP contribution in [0.1, 0.15) is 11.1 Å². The van der Waals surface area contributed by atoms with Crippen LogP contribution in [0.5, 0.6) is 11.5 Å². The Morgan fingerprint density at radius 1 is 0.865 bits per heavy atom. The van der Waals surface area contributed by atoms with Gasteiger partial charge in [0.15, 0.2) is 5.84 Å². The van der Waals surface area contributed by atoms with Crippen molar-refractivity contribution in [2.75, 3.05) is 0 Å². The summed E-state index contributed by atoms with van der Waals surface area (Å²) in [7, 11) is 0. The van der Waals surface area contributed by atoms with Gasteiger partial charge in [-0.15, -0.1) is 0 Å². The van der Waals surface area contributed by atoms with Crippen molar-refractivity contribution in [2.45, 2.75) is 11.4 Å². The quantitative estimate of drug-likeness (QED) is 0.282. The van der Waals surface area contributed by atoms with Gasteiger partial charge >= 0.3 is 0 Å². The van der Waals surface area contributed by atoms with E-state index in [4.69, 9.17) is 0 Å². The fraction of sp³-hybridized carbons (Fsp3) is 0.0357. The van der Waals surface area contributed by atoms with Gasteiger partial charge in [0.25, 0.3) is 5.56 Å². The van der Waals surface area contributed by atoms with Gasteiger partial charge in [0, 0.05) is 18.1 Å². The largest absolute Gasteiger partial charge is 0.506 e. The number of benzene rings is 3. The smallest absolute Gasteiger partial charge is 0.267 e. The van der Waals surface area contributed by atoms with Gasteiger partial charge in [-0.1, -0.05) is 60.7 Å². The first-order valence-corrected chi connectivity index (χ1v) is 12.2. The summed E-state index contributed by atoms with van der Waals surface area (Å²) in [6.45, 7) is 0.203. The zero-order chi connectivity index (χ0) is 25.5. The highest BCUT2D eigenvalue weighted by Gasteiger charge is 2.30. The van der Waals surface area contributed by atoms with Crippen molar-refractivity contribution < 1.29 is 15.4 Å². The highest BCUT2D eigenvalue weighted by Crippen LogP contribution is 2.46. The Bertz CT molecular complexity index is 1740. The van der Waals surface area contributed by atoms with Crippen LogP contribution < -0.4 is 5.56 Å². The number of aromatic nitrogens is 2. The molecule has 8 nitrogen and oxygen atoms in total. The van der Waals surface area contributed by atoms with Crippen molar-refractivity contribution in [1.82, 2.24) is 14.0 Å². The van der Waals surface area contributed by atoms with E-state index in [1.54, 1.807) is 30.5 Å². The molecule has 3 N–H and O–H groups in total. The minimum atomic E-state index is -0.574. The zero-order valence-corrected chi connectivity index (χ0v) is 20.1. The van der Waals surface area contributed by atoms with Crippen LogP contribution in [0.3, 0.4) is 0 Å². The average molecular weight is 509 g/mol. The van der Waals surface area contributed by atoms with E-state index in [0.29, 0.717) is 15.9 Å². The van der Waals surface area contributed by atoms with Crippen LogP contribution >= 0.6 is 11.9 Å². The molecule has 0 aliphatic carbocycles. The van der Waals surface area contributed by atoms with Crippen molar-refractivity contribution in [3.63, 3.8) is 0 Å². The van der Waals surface area contributed by atoms with E-state index >= 15 is 0 Å². The van der Waals surface area contributed by atoms with Gasteiger partial charge in [-0.25, -0.2) is 9.98 Å². The van der Waals surface area contributed by atoms with Crippen molar-refractivity contribution in [2.24, 2.45) is 4.99 Å². The third-order valence-electron chi connectivity index (χ3n) is 6.15. The maximum Gasteiger partial charge on any atom is 0.267 e. The highest BCUT2D eigenvalue weighted by molar-refractivity contribution is 7.97. The maximum absolute atomic E-state index is 13.8. The van der Waals surface area contributed by atoms with Gasteiger partial charge in [0.1, 0.15) is 28.4 Å². The third-order valence-corrected chi connectivity index (χ3v) is 7.00. The molecule has 182 valence electrons. The first-order chi connectivity index (χ1) is 18.0. The summed E-state index contributed by atoms with van der Waals surface area (Å²) >= 11 is 0.894. The van der Waals surface area contributed by atoms with Crippen LogP contribution in [0.15, 0.2) is 106 Å². The number of nitrogens with zero attached hydrogens (tertiary/aromatic N) is 4. The Morgan fingerprint density at radius 3 is 2.35 bits per heavy atom. The Morgan fingerprint density at radius 2 is 1.59 bits per heavy atom. The number of hydrogen-bond donors (Lipinski definition) is 3. The minimum Gasteiger partial charge on any atom is -0.506 e. The monoisotopic (exact) mass is 508 g/mol. The Labute approximate surface area is 215 Å². The van der Waals surface area contributed by atoms with Crippen LogP contribution in [-0.2, 0) is 6.54 Å². The van der Waals surface area contributed by atoms with Crippen LogP contribution in [0.2, 0.25) is 0 Å². The lowest BCUT2D eigenvalue weighted by Gasteiger charge is -2.25. The van der Waals surface area contributed by atoms with Gasteiger partial charge < -0.3 is 10.2 Å². The summed E-state index contributed by atoms with van der Waals surface area (Å²) in [4.78, 5) is 23.0. The zero-order valence-electron chi connectivity index (χ0n) is 19.3. The normalized spacial score (nSPS) is 12.9. The van der Waals surface area contributed by atoms with Gasteiger partial charge in [0.2, 0.25) is 0 Å². The number of hydrogen-bond acceptors (Lipinski definition) is 8. The second kappa shape index (κ2) is 9.12. The lowest BCUT2D eigenvalue weighted by molar-refractivity contribution is 0.0938. The van der Waals surface area contributed by atoms with Crippen LogP contribution in [0.25, 0.3) is 22.2 Å². The molecule has 6 rings (SSSR count). The maximum atomic E-state index is 13.8. The van der Waals surface area contributed by atoms with Crippen LogP contribution in [0.4, 0.5) is 5.69 Å². The fourth-order valence-corrected chi connectivity index (χ4v) is 5.21. The summed E-state index contributed by atoms with van der Waals surface area (Å²) in [6.07, 6.45) is 1.55. The number of amidine groups is 1. The van der Waals surface area contributed by atoms with E-state index in [1.165, 1.54) is 4.57 Å². The molecule has 1 aliphatic rings.